The summed E-state index contributed by atoms with van der Waals surface area (Å²) < 4.78 is 25.2. The van der Waals surface area contributed by atoms with Crippen LogP contribution in [-0.2, 0) is 10.2 Å². The number of hydrogen-bond acceptors (Lipinski definition) is 6. The first-order valence-corrected chi connectivity index (χ1v) is 11.0. The van der Waals surface area contributed by atoms with Gasteiger partial charge in [0, 0.05) is 37.1 Å². The third-order valence-corrected chi connectivity index (χ3v) is 6.52. The van der Waals surface area contributed by atoms with Crippen LogP contribution in [0.4, 0.5) is 15.8 Å². The fourth-order valence-electron chi connectivity index (χ4n) is 4.82. The van der Waals surface area contributed by atoms with Crippen molar-refractivity contribution in [3.63, 3.8) is 0 Å². The van der Waals surface area contributed by atoms with Gasteiger partial charge in [-0.15, -0.1) is 0 Å². The molecule has 3 N–H and O–H groups in total. The summed E-state index contributed by atoms with van der Waals surface area (Å²) in [5, 5.41) is 6.18. The van der Waals surface area contributed by atoms with E-state index >= 15 is 0 Å². The molecule has 35 heavy (non-hydrogen) atoms. The number of hydrogen-bond donors (Lipinski definition) is 3. The van der Waals surface area contributed by atoms with Crippen LogP contribution < -0.4 is 20.1 Å². The van der Waals surface area contributed by atoms with Gasteiger partial charge in [-0.3, -0.25) is 14.6 Å². The average Bonchev–Trinajstić information content (AvgIpc) is 3.23. The normalized spacial score (nSPS) is 15.6. The minimum atomic E-state index is -0.538. The molecule has 2 aromatic heterocycles. The first-order chi connectivity index (χ1) is 16.9. The van der Waals surface area contributed by atoms with Crippen molar-refractivity contribution in [2.45, 2.75) is 5.41 Å². The lowest BCUT2D eigenvalue weighted by Gasteiger charge is -2.51. The van der Waals surface area contributed by atoms with E-state index in [0.29, 0.717) is 59.3 Å². The van der Waals surface area contributed by atoms with Crippen molar-refractivity contribution in [3.8, 4) is 22.8 Å². The molecule has 9 nitrogen and oxygen atoms in total. The van der Waals surface area contributed by atoms with E-state index in [9.17, 15) is 14.0 Å². The summed E-state index contributed by atoms with van der Waals surface area (Å²) in [4.78, 5) is 34.6. The fourth-order valence-corrected chi connectivity index (χ4v) is 4.82. The minimum absolute atomic E-state index is 0.0208. The maximum Gasteiger partial charge on any atom is 0.255 e. The van der Waals surface area contributed by atoms with Crippen LogP contribution in [0.1, 0.15) is 16.1 Å². The molecule has 180 valence electrons. The van der Waals surface area contributed by atoms with Crippen LogP contribution in [0.2, 0.25) is 0 Å². The highest BCUT2D eigenvalue weighted by Crippen LogP contribution is 2.47. The van der Waals surface area contributed by atoms with Crippen molar-refractivity contribution in [3.05, 3.63) is 66.4 Å². The van der Waals surface area contributed by atoms with Gasteiger partial charge >= 0.3 is 0 Å². The number of aromatic amines is 1. The zero-order chi connectivity index (χ0) is 24.7. The van der Waals surface area contributed by atoms with Gasteiger partial charge < -0.3 is 30.0 Å². The number of nitrogens with one attached hydrogen (secondary N) is 3. The summed E-state index contributed by atoms with van der Waals surface area (Å²) in [6.45, 7) is 4.77. The predicted molar refractivity (Wildman–Crippen MR) is 128 cm³/mol. The number of amides is 2. The Hall–Kier alpha value is -4.34. The lowest BCUT2D eigenvalue weighted by molar-refractivity contribution is -0.133. The van der Waals surface area contributed by atoms with Crippen LogP contribution in [0.15, 0.2) is 49.3 Å². The van der Waals surface area contributed by atoms with Crippen molar-refractivity contribution < 1.29 is 23.5 Å². The molecule has 0 radical (unpaired) electrons. The third-order valence-electron chi connectivity index (χ3n) is 6.52. The van der Waals surface area contributed by atoms with Crippen LogP contribution in [0, 0.1) is 5.82 Å². The van der Waals surface area contributed by atoms with Gasteiger partial charge in [0.15, 0.2) is 11.6 Å². The number of rotatable bonds is 6. The Kier molecular flexibility index (Phi) is 5.43. The lowest BCUT2D eigenvalue weighted by Crippen LogP contribution is -2.67. The van der Waals surface area contributed by atoms with E-state index in [-0.39, 0.29) is 17.6 Å². The molecule has 2 aliphatic heterocycles. The summed E-state index contributed by atoms with van der Waals surface area (Å²) >= 11 is 0. The van der Waals surface area contributed by atoms with Crippen molar-refractivity contribution in [2.75, 3.05) is 39.2 Å². The van der Waals surface area contributed by atoms with Gasteiger partial charge in [-0.1, -0.05) is 12.6 Å². The molecule has 4 heterocycles. The Morgan fingerprint density at radius 1 is 1.29 bits per heavy atom. The van der Waals surface area contributed by atoms with Gasteiger partial charge in [0.2, 0.25) is 5.91 Å². The molecule has 0 saturated carbocycles. The molecule has 0 bridgehead atoms. The summed E-state index contributed by atoms with van der Waals surface area (Å²) in [7, 11) is 2.91. The fraction of sp³-hybridized carbons (Fsp3) is 0.240. The van der Waals surface area contributed by atoms with Crippen molar-refractivity contribution >= 4 is 23.2 Å². The van der Waals surface area contributed by atoms with E-state index in [2.05, 4.69) is 27.2 Å². The number of nitrogens with zero attached hydrogens (tertiary/aromatic N) is 2. The van der Waals surface area contributed by atoms with Crippen LogP contribution in [0.25, 0.3) is 11.3 Å². The number of carbonyl (C=O) groups is 2. The molecule has 2 aliphatic rings. The molecular formula is C25H24FN5O4. The van der Waals surface area contributed by atoms with Crippen LogP contribution in [-0.4, -0.2) is 60.5 Å². The number of methoxy groups -OCH3 is 2. The highest BCUT2D eigenvalue weighted by molar-refractivity contribution is 6.07. The quantitative estimate of drug-likeness (QED) is 0.471. The highest BCUT2D eigenvalue weighted by Gasteiger charge is 2.52. The Morgan fingerprint density at radius 2 is 2.09 bits per heavy atom. The third kappa shape index (κ3) is 3.49. The van der Waals surface area contributed by atoms with Crippen LogP contribution in [0.5, 0.6) is 11.5 Å². The van der Waals surface area contributed by atoms with Crippen molar-refractivity contribution in [1.82, 2.24) is 20.2 Å². The molecule has 0 aliphatic carbocycles. The second-order valence-electron chi connectivity index (χ2n) is 8.51. The maximum atomic E-state index is 14.5. The van der Waals surface area contributed by atoms with E-state index in [4.69, 9.17) is 9.47 Å². The first-order valence-electron chi connectivity index (χ1n) is 11.0. The molecule has 2 amide bonds. The summed E-state index contributed by atoms with van der Waals surface area (Å²) in [5.41, 5.74) is 2.62. The molecule has 1 spiro atoms. The standard InChI is InChI=1S/C25H24FN5O4/c1-4-18(32)31-12-25(13-31)11-28-24(33)19-21(29-16-7-5-6-15(26)22(16)35-3)20(30-23(19)25)14-8-9-27-10-17(14)34-2/h4-10,29-30H,1,11-13H2,2-3H3,(H,28,33). The van der Waals surface area contributed by atoms with Gasteiger partial charge in [-0.2, -0.15) is 0 Å². The minimum Gasteiger partial charge on any atom is -0.494 e. The van der Waals surface area contributed by atoms with Crippen molar-refractivity contribution in [2.24, 2.45) is 0 Å². The number of fused-ring (bicyclic) bond motifs is 2. The van der Waals surface area contributed by atoms with E-state index in [1.54, 1.807) is 35.5 Å². The molecule has 0 unspecified atom stereocenters. The molecule has 3 aromatic rings. The van der Waals surface area contributed by atoms with Gasteiger partial charge in [-0.25, -0.2) is 4.39 Å². The number of likely N-dealkylation sites (tertiary alicyclic amines) is 1. The Bertz CT molecular complexity index is 1350. The zero-order valence-corrected chi connectivity index (χ0v) is 19.3. The monoisotopic (exact) mass is 477 g/mol. The van der Waals surface area contributed by atoms with Crippen LogP contribution >= 0.6 is 0 Å². The summed E-state index contributed by atoms with van der Waals surface area (Å²) in [5.74, 6) is -0.477. The highest BCUT2D eigenvalue weighted by atomic mass is 19.1. The van der Waals surface area contributed by atoms with Gasteiger partial charge in [0.25, 0.3) is 5.91 Å². The number of anilines is 2. The van der Waals surface area contributed by atoms with E-state index in [0.717, 1.165) is 0 Å². The number of benzene rings is 1. The number of halogens is 1. The van der Waals surface area contributed by atoms with Crippen LogP contribution in [0.3, 0.4) is 0 Å². The summed E-state index contributed by atoms with van der Waals surface area (Å²) in [6.07, 6.45) is 4.47. The predicted octanol–water partition coefficient (Wildman–Crippen LogP) is 2.99. The number of carbonyl (C=O) groups excluding carboxylic acids is 2. The first kappa shape index (κ1) is 22.5. The zero-order valence-electron chi connectivity index (χ0n) is 19.3. The van der Waals surface area contributed by atoms with Crippen molar-refractivity contribution in [1.29, 1.82) is 0 Å². The lowest BCUT2D eigenvalue weighted by atomic mass is 9.73. The maximum absolute atomic E-state index is 14.5. The second-order valence-corrected chi connectivity index (χ2v) is 8.51. The van der Waals surface area contributed by atoms with E-state index < -0.39 is 11.2 Å². The number of aromatic nitrogens is 2. The number of para-hydroxylation sites is 1. The number of pyridine rings is 1. The molecule has 1 aromatic carbocycles. The molecule has 5 rings (SSSR count). The Balaban J connectivity index is 1.70. The number of H-pyrrole nitrogens is 1. The molecule has 10 heteroatoms. The average molecular weight is 477 g/mol. The molecular weight excluding hydrogens is 453 g/mol. The molecule has 1 saturated heterocycles. The smallest absolute Gasteiger partial charge is 0.255 e. The summed E-state index contributed by atoms with van der Waals surface area (Å²) in [6, 6.07) is 6.28. The number of ether oxygens (including phenoxy) is 2. The Morgan fingerprint density at radius 3 is 2.80 bits per heavy atom. The van der Waals surface area contributed by atoms with E-state index in [1.807, 2.05) is 0 Å². The van der Waals surface area contributed by atoms with Gasteiger partial charge in [0.1, 0.15) is 5.75 Å². The topological polar surface area (TPSA) is 109 Å². The largest absolute Gasteiger partial charge is 0.494 e. The van der Waals surface area contributed by atoms with Gasteiger partial charge in [0.05, 0.1) is 48.5 Å². The van der Waals surface area contributed by atoms with E-state index in [1.165, 1.54) is 26.4 Å². The molecule has 1 fully saturated rings. The Labute approximate surface area is 200 Å². The molecule has 0 atom stereocenters. The van der Waals surface area contributed by atoms with Gasteiger partial charge in [-0.05, 0) is 24.3 Å². The SMILES string of the molecule is C=CC(=O)N1CC2(CNC(=O)c3c2[nH]c(-c2ccncc2OC)c3Nc2cccc(F)c2OC)C1. The second kappa shape index (κ2) is 8.46.